The van der Waals surface area contributed by atoms with Crippen molar-refractivity contribution < 1.29 is 40.6 Å². The third-order valence-corrected chi connectivity index (χ3v) is 11.9. The second-order valence-corrected chi connectivity index (χ2v) is 17.2. The van der Waals surface area contributed by atoms with E-state index < -0.39 is 5.92 Å². The molecular formula is C51H89BrN2O4. The van der Waals surface area contributed by atoms with Crippen molar-refractivity contribution in [1.82, 2.24) is 5.32 Å². The summed E-state index contributed by atoms with van der Waals surface area (Å²) >= 11 is 0. The van der Waals surface area contributed by atoms with E-state index in [0.29, 0.717) is 24.4 Å². The van der Waals surface area contributed by atoms with Gasteiger partial charge in [0, 0.05) is 29.4 Å². The molecule has 1 aliphatic heterocycles. The molecule has 58 heavy (non-hydrogen) atoms. The van der Waals surface area contributed by atoms with Crippen LogP contribution in [-0.4, -0.2) is 25.2 Å². The molecule has 1 aromatic rings. The maximum atomic E-state index is 14.0. The van der Waals surface area contributed by atoms with Crippen LogP contribution in [0, 0.1) is 0 Å². The van der Waals surface area contributed by atoms with Crippen LogP contribution in [0.1, 0.15) is 245 Å². The molecule has 0 aliphatic carbocycles. The Morgan fingerprint density at radius 3 is 1.21 bits per heavy atom. The largest absolute Gasteiger partial charge is 1.00 e. The van der Waals surface area contributed by atoms with Crippen LogP contribution in [0.3, 0.4) is 0 Å². The van der Waals surface area contributed by atoms with Crippen LogP contribution in [0.15, 0.2) is 47.1 Å². The highest BCUT2D eigenvalue weighted by Crippen LogP contribution is 2.39. The van der Waals surface area contributed by atoms with Gasteiger partial charge in [0.2, 0.25) is 0 Å². The topological polar surface area (TPSA) is 68.5 Å². The number of carbonyl (C=O) groups excluding carboxylic acids is 2. The Bertz CT molecular complexity index is 1200. The van der Waals surface area contributed by atoms with Crippen LogP contribution in [0.2, 0.25) is 0 Å². The SMILES string of the molecule is CCCCCCCCCCCCCCOC(=O)C1=C(C)NC(C)=C(C(=O)OCCCCCCCCCCCCCC)C1c1ccc[n+](CCCCCCCCC)c1.[Br-]. The fourth-order valence-electron chi connectivity index (χ4n) is 8.34. The zero-order valence-corrected chi connectivity index (χ0v) is 40.0. The molecule has 6 nitrogen and oxygen atoms in total. The normalized spacial score (nSPS) is 13.1. The van der Waals surface area contributed by atoms with Gasteiger partial charge in [-0.05, 0) is 39.2 Å². The number of rotatable bonds is 37. The van der Waals surface area contributed by atoms with Gasteiger partial charge < -0.3 is 31.8 Å². The Kier molecular flexibility index (Phi) is 34.1. The highest BCUT2D eigenvalue weighted by atomic mass is 79.9. The lowest BCUT2D eigenvalue weighted by atomic mass is 9.81. The fourth-order valence-corrected chi connectivity index (χ4v) is 8.34. The molecule has 0 spiro atoms. The number of nitrogens with zero attached hydrogens (tertiary/aromatic N) is 1. The van der Waals surface area contributed by atoms with Crippen molar-refractivity contribution >= 4 is 11.9 Å². The maximum absolute atomic E-state index is 14.0. The number of aryl methyl sites for hydroxylation is 1. The number of unbranched alkanes of at least 4 members (excludes halogenated alkanes) is 28. The number of hydrogen-bond donors (Lipinski definition) is 1. The molecule has 2 rings (SSSR count). The number of esters is 2. The van der Waals surface area contributed by atoms with Gasteiger partial charge in [0.25, 0.3) is 0 Å². The molecule has 0 fully saturated rings. The summed E-state index contributed by atoms with van der Waals surface area (Å²) in [7, 11) is 0. The first-order chi connectivity index (χ1) is 27.9. The molecule has 0 amide bonds. The van der Waals surface area contributed by atoms with Gasteiger partial charge in [-0.1, -0.05) is 194 Å². The zero-order valence-electron chi connectivity index (χ0n) is 38.4. The molecule has 1 aliphatic rings. The molecule has 0 saturated carbocycles. The lowest BCUT2D eigenvalue weighted by Crippen LogP contribution is -3.00. The number of allylic oxidation sites excluding steroid dienone is 2. The predicted octanol–water partition coefficient (Wildman–Crippen LogP) is 11.5. The highest BCUT2D eigenvalue weighted by Gasteiger charge is 2.39. The Morgan fingerprint density at radius 2 is 0.845 bits per heavy atom. The van der Waals surface area contributed by atoms with Crippen molar-refractivity contribution in [2.75, 3.05) is 13.2 Å². The van der Waals surface area contributed by atoms with Gasteiger partial charge in [0.05, 0.1) is 30.3 Å². The van der Waals surface area contributed by atoms with Crippen molar-refractivity contribution in [2.45, 2.75) is 246 Å². The van der Waals surface area contributed by atoms with Gasteiger partial charge in [-0.25, -0.2) is 14.2 Å². The molecule has 0 bridgehead atoms. The average Bonchev–Trinajstić information content (AvgIpc) is 3.20. The van der Waals surface area contributed by atoms with Crippen LogP contribution in [0.25, 0.3) is 0 Å². The van der Waals surface area contributed by atoms with E-state index in [2.05, 4.69) is 49.1 Å². The lowest BCUT2D eigenvalue weighted by Gasteiger charge is -2.30. The smallest absolute Gasteiger partial charge is 0.336 e. The maximum Gasteiger partial charge on any atom is 0.336 e. The summed E-state index contributed by atoms with van der Waals surface area (Å²) in [5, 5.41) is 3.37. The van der Waals surface area contributed by atoms with E-state index in [-0.39, 0.29) is 28.9 Å². The third kappa shape index (κ3) is 24.2. The standard InChI is InChI=1S/C51H88N2O4.BrH/c1-6-9-12-15-18-20-22-24-26-29-32-35-41-56-50(54)47-44(4)52-45(5)48(51(55)57-42-36-33-30-27-25-23-21-19-16-13-10-7-2)49(47)46-38-37-40-53(43-46)39-34-31-28-17-14-11-8-3;/h37-38,40,43,49H,6-36,39,41-42H2,1-5H3;1H. The first-order valence-electron chi connectivity index (χ1n) is 24.5. The van der Waals surface area contributed by atoms with E-state index in [9.17, 15) is 9.59 Å². The quantitative estimate of drug-likeness (QED) is 0.0410. The molecule has 0 saturated heterocycles. The minimum Gasteiger partial charge on any atom is -1.00 e. The van der Waals surface area contributed by atoms with Gasteiger partial charge in [-0.3, -0.25) is 0 Å². The third-order valence-electron chi connectivity index (χ3n) is 11.9. The summed E-state index contributed by atoms with van der Waals surface area (Å²) in [4.78, 5) is 27.9. The second-order valence-electron chi connectivity index (χ2n) is 17.2. The minimum atomic E-state index is -0.545. The molecule has 0 unspecified atom stereocenters. The Labute approximate surface area is 368 Å². The van der Waals surface area contributed by atoms with E-state index in [0.717, 1.165) is 55.6 Å². The van der Waals surface area contributed by atoms with Crippen molar-refractivity contribution in [3.63, 3.8) is 0 Å². The predicted molar refractivity (Wildman–Crippen MR) is 240 cm³/mol. The van der Waals surface area contributed by atoms with Crippen molar-refractivity contribution in [3.05, 3.63) is 52.6 Å². The molecular weight excluding hydrogens is 784 g/mol. The van der Waals surface area contributed by atoms with E-state index in [1.807, 2.05) is 19.9 Å². The highest BCUT2D eigenvalue weighted by molar-refractivity contribution is 5.99. The number of carbonyl (C=O) groups is 2. The second kappa shape index (κ2) is 36.7. The van der Waals surface area contributed by atoms with E-state index in [1.54, 1.807) is 0 Å². The van der Waals surface area contributed by atoms with Crippen LogP contribution in [0.4, 0.5) is 0 Å². The summed E-state index contributed by atoms with van der Waals surface area (Å²) in [5.41, 5.74) is 3.46. The number of aromatic nitrogens is 1. The number of pyridine rings is 1. The summed E-state index contributed by atoms with van der Waals surface area (Å²) in [6.07, 6.45) is 43.3. The van der Waals surface area contributed by atoms with Crippen molar-refractivity contribution in [1.29, 1.82) is 0 Å². The van der Waals surface area contributed by atoms with E-state index in [4.69, 9.17) is 9.47 Å². The molecule has 334 valence electrons. The van der Waals surface area contributed by atoms with Crippen LogP contribution in [0.5, 0.6) is 0 Å². The first kappa shape index (κ1) is 53.9. The number of halogens is 1. The van der Waals surface area contributed by atoms with Crippen LogP contribution in [-0.2, 0) is 25.6 Å². The number of hydrogen-bond acceptors (Lipinski definition) is 5. The first-order valence-corrected chi connectivity index (χ1v) is 24.5. The fraction of sp³-hybridized carbons (Fsp3) is 0.784. The molecule has 1 N–H and O–H groups in total. The molecule has 0 radical (unpaired) electrons. The Hall–Kier alpha value is -2.15. The van der Waals surface area contributed by atoms with Gasteiger partial charge in [-0.15, -0.1) is 0 Å². The molecule has 2 heterocycles. The van der Waals surface area contributed by atoms with Crippen LogP contribution < -0.4 is 26.9 Å². The Morgan fingerprint density at radius 1 is 0.517 bits per heavy atom. The summed E-state index contributed by atoms with van der Waals surface area (Å²) in [6.45, 7) is 12.4. The Balaban J connectivity index is 0.0000168. The molecule has 0 atom stereocenters. The van der Waals surface area contributed by atoms with Gasteiger partial charge in [0.1, 0.15) is 6.54 Å². The van der Waals surface area contributed by atoms with Crippen molar-refractivity contribution in [3.8, 4) is 0 Å². The van der Waals surface area contributed by atoms with Gasteiger partial charge in [-0.2, -0.15) is 0 Å². The summed E-state index contributed by atoms with van der Waals surface area (Å²) in [6, 6.07) is 4.10. The molecule has 0 aromatic carbocycles. The average molecular weight is 874 g/mol. The number of ether oxygens (including phenoxy) is 2. The van der Waals surface area contributed by atoms with Gasteiger partial charge in [0.15, 0.2) is 12.4 Å². The molecule has 7 heteroatoms. The summed E-state index contributed by atoms with van der Waals surface area (Å²) < 4.78 is 14.2. The zero-order chi connectivity index (χ0) is 41.2. The van der Waals surface area contributed by atoms with Gasteiger partial charge >= 0.3 is 11.9 Å². The summed E-state index contributed by atoms with van der Waals surface area (Å²) in [5.74, 6) is -1.22. The van der Waals surface area contributed by atoms with Crippen molar-refractivity contribution in [2.24, 2.45) is 0 Å². The van der Waals surface area contributed by atoms with E-state index >= 15 is 0 Å². The monoisotopic (exact) mass is 873 g/mol. The van der Waals surface area contributed by atoms with E-state index in [1.165, 1.54) is 167 Å². The minimum absolute atomic E-state index is 0. The molecule has 1 aromatic heterocycles. The lowest BCUT2D eigenvalue weighted by molar-refractivity contribution is -0.697. The van der Waals surface area contributed by atoms with Crippen LogP contribution >= 0.6 is 0 Å². The number of dihydropyridines is 1. The number of nitrogens with one attached hydrogen (secondary N) is 1.